The highest BCUT2D eigenvalue weighted by Crippen LogP contribution is 2.49. The van der Waals surface area contributed by atoms with E-state index in [0.29, 0.717) is 0 Å². The van der Waals surface area contributed by atoms with Crippen molar-refractivity contribution < 1.29 is 0 Å². The van der Waals surface area contributed by atoms with Crippen LogP contribution in [-0.4, -0.2) is 37.1 Å². The molecule has 2 aliphatic heterocycles. The van der Waals surface area contributed by atoms with Gasteiger partial charge in [-0.3, -0.25) is 0 Å². The van der Waals surface area contributed by atoms with E-state index in [9.17, 15) is 0 Å². The fraction of sp³-hybridized carbons (Fsp3) is 0.625. The monoisotopic (exact) mass is 278 g/mol. The van der Waals surface area contributed by atoms with E-state index in [1.807, 2.05) is 6.07 Å². The molecule has 1 saturated heterocycles. The number of likely N-dealkylation sites (N-methyl/N-ethyl adjacent to an activating group) is 1. The molecule has 0 aliphatic carbocycles. The molecular formula is C16H23ClN2. The lowest BCUT2D eigenvalue weighted by atomic mass is 9.81. The Morgan fingerprint density at radius 2 is 1.95 bits per heavy atom. The molecule has 1 aromatic carbocycles. The Balaban J connectivity index is 2.11. The summed E-state index contributed by atoms with van der Waals surface area (Å²) in [6, 6.07) is 6.43. The molecule has 0 unspecified atom stereocenters. The zero-order valence-corrected chi connectivity index (χ0v) is 13.1. The predicted molar refractivity (Wildman–Crippen MR) is 82.3 cm³/mol. The minimum atomic E-state index is 0.160. The Hall–Kier alpha value is -0.730. The summed E-state index contributed by atoms with van der Waals surface area (Å²) >= 11 is 6.25. The Morgan fingerprint density at radius 3 is 2.53 bits per heavy atom. The maximum absolute atomic E-state index is 6.25. The molecule has 0 N–H and O–H groups in total. The molecule has 2 aliphatic rings. The van der Waals surface area contributed by atoms with Crippen molar-refractivity contribution in [1.29, 1.82) is 0 Å². The number of anilines is 1. The SMILES string of the molecule is CN1CC[C@]2(C1)CN(C(C)(C)C)c1ccc(Cl)cc12. The third-order valence-electron chi connectivity index (χ3n) is 4.64. The Morgan fingerprint density at radius 1 is 1.21 bits per heavy atom. The second-order valence-electron chi connectivity index (χ2n) is 7.19. The van der Waals surface area contributed by atoms with E-state index < -0.39 is 0 Å². The van der Waals surface area contributed by atoms with Crippen molar-refractivity contribution in [3.05, 3.63) is 28.8 Å². The molecule has 1 spiro atoms. The van der Waals surface area contributed by atoms with Crippen LogP contribution < -0.4 is 4.90 Å². The molecule has 0 radical (unpaired) electrons. The number of benzene rings is 1. The van der Waals surface area contributed by atoms with Crippen molar-refractivity contribution in [2.45, 2.75) is 38.1 Å². The third kappa shape index (κ3) is 2.05. The Kier molecular flexibility index (Phi) is 2.88. The van der Waals surface area contributed by atoms with Gasteiger partial charge in [-0.2, -0.15) is 0 Å². The van der Waals surface area contributed by atoms with Crippen LogP contribution in [0.2, 0.25) is 5.02 Å². The van der Waals surface area contributed by atoms with Gasteiger partial charge in [0.05, 0.1) is 0 Å². The summed E-state index contributed by atoms with van der Waals surface area (Å²) in [7, 11) is 2.22. The van der Waals surface area contributed by atoms with Gasteiger partial charge in [0.2, 0.25) is 0 Å². The van der Waals surface area contributed by atoms with Gasteiger partial charge in [-0.05, 0) is 64.5 Å². The van der Waals surface area contributed by atoms with Crippen LogP contribution >= 0.6 is 11.6 Å². The summed E-state index contributed by atoms with van der Waals surface area (Å²) in [6.07, 6.45) is 1.24. The molecule has 1 fully saturated rings. The highest BCUT2D eigenvalue weighted by Gasteiger charge is 2.48. The second-order valence-corrected chi connectivity index (χ2v) is 7.62. The molecule has 104 valence electrons. The van der Waals surface area contributed by atoms with Crippen LogP contribution in [0.15, 0.2) is 18.2 Å². The van der Waals surface area contributed by atoms with Crippen LogP contribution in [-0.2, 0) is 5.41 Å². The van der Waals surface area contributed by atoms with E-state index in [1.165, 1.54) is 24.2 Å². The van der Waals surface area contributed by atoms with Gasteiger partial charge in [-0.15, -0.1) is 0 Å². The first-order chi connectivity index (χ1) is 8.82. The molecule has 3 heteroatoms. The summed E-state index contributed by atoms with van der Waals surface area (Å²) in [6.45, 7) is 10.3. The van der Waals surface area contributed by atoms with Crippen LogP contribution in [0.3, 0.4) is 0 Å². The molecular weight excluding hydrogens is 256 g/mol. The molecule has 0 amide bonds. The van der Waals surface area contributed by atoms with Gasteiger partial charge in [0, 0.05) is 34.8 Å². The fourth-order valence-corrected chi connectivity index (χ4v) is 3.84. The summed E-state index contributed by atoms with van der Waals surface area (Å²) < 4.78 is 0. The number of fused-ring (bicyclic) bond motifs is 2. The van der Waals surface area contributed by atoms with Gasteiger partial charge >= 0.3 is 0 Å². The van der Waals surface area contributed by atoms with Gasteiger partial charge in [0.1, 0.15) is 0 Å². The van der Waals surface area contributed by atoms with E-state index >= 15 is 0 Å². The molecule has 0 aromatic heterocycles. The number of halogens is 1. The van der Waals surface area contributed by atoms with Gasteiger partial charge in [-0.1, -0.05) is 11.6 Å². The van der Waals surface area contributed by atoms with E-state index in [1.54, 1.807) is 0 Å². The molecule has 2 nitrogen and oxygen atoms in total. The molecule has 0 bridgehead atoms. The second kappa shape index (κ2) is 4.13. The van der Waals surface area contributed by atoms with Crippen molar-refractivity contribution in [2.75, 3.05) is 31.6 Å². The number of likely N-dealkylation sites (tertiary alicyclic amines) is 1. The van der Waals surface area contributed by atoms with E-state index in [2.05, 4.69) is 49.8 Å². The quantitative estimate of drug-likeness (QED) is 0.716. The number of rotatable bonds is 0. The first kappa shape index (κ1) is 13.3. The largest absolute Gasteiger partial charge is 0.366 e. The van der Waals surface area contributed by atoms with Crippen LogP contribution in [0.25, 0.3) is 0 Å². The van der Waals surface area contributed by atoms with Crippen LogP contribution in [0, 0.1) is 0 Å². The maximum atomic E-state index is 6.25. The van der Waals surface area contributed by atoms with Gasteiger partial charge in [-0.25, -0.2) is 0 Å². The predicted octanol–water partition coefficient (Wildman–Crippen LogP) is 3.53. The lowest BCUT2D eigenvalue weighted by Gasteiger charge is -2.36. The highest BCUT2D eigenvalue weighted by atomic mass is 35.5. The minimum absolute atomic E-state index is 0.160. The lowest BCUT2D eigenvalue weighted by Crippen LogP contribution is -2.45. The topological polar surface area (TPSA) is 6.48 Å². The van der Waals surface area contributed by atoms with Crippen LogP contribution in [0.5, 0.6) is 0 Å². The summed E-state index contributed by atoms with van der Waals surface area (Å²) in [4.78, 5) is 4.99. The number of nitrogens with zero attached hydrogens (tertiary/aromatic N) is 2. The van der Waals surface area contributed by atoms with Crippen molar-refractivity contribution in [2.24, 2.45) is 0 Å². The highest BCUT2D eigenvalue weighted by molar-refractivity contribution is 6.30. The molecule has 1 atom stereocenters. The third-order valence-corrected chi connectivity index (χ3v) is 4.87. The van der Waals surface area contributed by atoms with Crippen molar-refractivity contribution in [1.82, 2.24) is 4.90 Å². The lowest BCUT2D eigenvalue weighted by molar-refractivity contribution is 0.366. The zero-order valence-electron chi connectivity index (χ0n) is 12.3. The van der Waals surface area contributed by atoms with E-state index in [0.717, 1.165) is 18.1 Å². The van der Waals surface area contributed by atoms with E-state index in [-0.39, 0.29) is 11.0 Å². The van der Waals surface area contributed by atoms with Crippen LogP contribution in [0.1, 0.15) is 32.8 Å². The smallest absolute Gasteiger partial charge is 0.0411 e. The average Bonchev–Trinajstić information content (AvgIpc) is 2.82. The summed E-state index contributed by atoms with van der Waals surface area (Å²) in [5.41, 5.74) is 3.28. The minimum Gasteiger partial charge on any atom is -0.366 e. The van der Waals surface area contributed by atoms with Crippen LogP contribution in [0.4, 0.5) is 5.69 Å². The molecule has 2 heterocycles. The molecule has 0 saturated carbocycles. The normalized spacial score (nSPS) is 27.3. The van der Waals surface area contributed by atoms with Gasteiger partial charge in [0.15, 0.2) is 0 Å². The molecule has 1 aromatic rings. The standard InChI is InChI=1S/C16H23ClN2/c1-15(2,3)19-11-16(7-8-18(4)10-16)13-9-12(17)5-6-14(13)19/h5-6,9H,7-8,10-11H2,1-4H3/t16-/m0/s1. The molecule has 19 heavy (non-hydrogen) atoms. The Bertz CT molecular complexity index is 506. The van der Waals surface area contributed by atoms with Gasteiger partial charge < -0.3 is 9.80 Å². The average molecular weight is 279 g/mol. The first-order valence-electron chi connectivity index (χ1n) is 7.08. The van der Waals surface area contributed by atoms with Gasteiger partial charge in [0.25, 0.3) is 0 Å². The number of hydrogen-bond donors (Lipinski definition) is 0. The fourth-order valence-electron chi connectivity index (χ4n) is 3.67. The Labute approximate surface area is 121 Å². The first-order valence-corrected chi connectivity index (χ1v) is 7.46. The zero-order chi connectivity index (χ0) is 13.8. The summed E-state index contributed by atoms with van der Waals surface area (Å²) in [5, 5.41) is 0.864. The number of hydrogen-bond acceptors (Lipinski definition) is 2. The van der Waals surface area contributed by atoms with E-state index in [4.69, 9.17) is 11.6 Å². The van der Waals surface area contributed by atoms with Crippen molar-refractivity contribution in [3.63, 3.8) is 0 Å². The summed E-state index contributed by atoms with van der Waals surface area (Å²) in [5.74, 6) is 0. The van der Waals surface area contributed by atoms with Crippen molar-refractivity contribution >= 4 is 17.3 Å². The maximum Gasteiger partial charge on any atom is 0.0411 e. The van der Waals surface area contributed by atoms with Crippen molar-refractivity contribution in [3.8, 4) is 0 Å². The molecule has 3 rings (SSSR count).